The van der Waals surface area contributed by atoms with E-state index in [0.717, 1.165) is 4.90 Å². The Bertz CT molecular complexity index is 502. The number of nitrogens with zero attached hydrogens (tertiary/aromatic N) is 2. The van der Waals surface area contributed by atoms with Crippen molar-refractivity contribution in [3.05, 3.63) is 35.4 Å². The normalized spacial score (nSPS) is 15.6. The first-order valence-electron chi connectivity index (χ1n) is 5.63. The number of fused-ring (bicyclic) bond motifs is 1. The summed E-state index contributed by atoms with van der Waals surface area (Å²) < 4.78 is 0. The topological polar surface area (TPSA) is 57.7 Å². The molecular formula is C13H14N2O3. The Labute approximate surface area is 105 Å². The summed E-state index contributed by atoms with van der Waals surface area (Å²) in [7, 11) is 3.19. The van der Waals surface area contributed by atoms with Gasteiger partial charge >= 0.3 is 0 Å². The van der Waals surface area contributed by atoms with Gasteiger partial charge in [-0.15, -0.1) is 0 Å². The van der Waals surface area contributed by atoms with E-state index in [2.05, 4.69) is 0 Å². The molecule has 0 saturated heterocycles. The molecule has 0 spiro atoms. The SMILES string of the molecule is C[C@H](C(=O)N(C)C)N1C(=O)c2ccccc2C1=O. The Balaban J connectivity index is 2.37. The van der Waals surface area contributed by atoms with Gasteiger partial charge in [-0.1, -0.05) is 12.1 Å². The van der Waals surface area contributed by atoms with Gasteiger partial charge in [-0.05, 0) is 19.1 Å². The predicted octanol–water partition coefficient (Wildman–Crippen LogP) is 0.759. The summed E-state index contributed by atoms with van der Waals surface area (Å²) in [5.41, 5.74) is 0.724. The number of imide groups is 1. The van der Waals surface area contributed by atoms with Gasteiger partial charge in [0.1, 0.15) is 6.04 Å². The zero-order valence-electron chi connectivity index (χ0n) is 10.5. The molecule has 0 saturated carbocycles. The van der Waals surface area contributed by atoms with Crippen LogP contribution in [0.15, 0.2) is 24.3 Å². The van der Waals surface area contributed by atoms with Gasteiger partial charge in [0, 0.05) is 14.1 Å². The van der Waals surface area contributed by atoms with Crippen molar-refractivity contribution in [2.45, 2.75) is 13.0 Å². The minimum Gasteiger partial charge on any atom is -0.347 e. The van der Waals surface area contributed by atoms with Crippen LogP contribution in [-0.4, -0.2) is 47.7 Å². The Morgan fingerprint density at radius 2 is 1.56 bits per heavy atom. The first kappa shape index (κ1) is 12.3. The molecule has 5 heteroatoms. The maximum atomic E-state index is 12.1. The molecule has 0 bridgehead atoms. The average molecular weight is 246 g/mol. The Hall–Kier alpha value is -2.17. The highest BCUT2D eigenvalue weighted by atomic mass is 16.2. The molecule has 0 N–H and O–H groups in total. The van der Waals surface area contributed by atoms with Gasteiger partial charge in [-0.2, -0.15) is 0 Å². The van der Waals surface area contributed by atoms with Crippen molar-refractivity contribution >= 4 is 17.7 Å². The molecule has 0 radical (unpaired) electrons. The number of amides is 3. The molecular weight excluding hydrogens is 232 g/mol. The number of benzene rings is 1. The van der Waals surface area contributed by atoms with E-state index >= 15 is 0 Å². The lowest BCUT2D eigenvalue weighted by Gasteiger charge is -2.24. The van der Waals surface area contributed by atoms with Crippen LogP contribution in [0.1, 0.15) is 27.6 Å². The third-order valence-electron chi connectivity index (χ3n) is 3.01. The second kappa shape index (κ2) is 4.25. The fourth-order valence-corrected chi connectivity index (χ4v) is 2.04. The summed E-state index contributed by atoms with van der Waals surface area (Å²) in [6.07, 6.45) is 0. The van der Waals surface area contributed by atoms with E-state index in [4.69, 9.17) is 0 Å². The van der Waals surface area contributed by atoms with Crippen LogP contribution in [0.3, 0.4) is 0 Å². The van der Waals surface area contributed by atoms with Gasteiger partial charge in [0.2, 0.25) is 5.91 Å². The second-order valence-corrected chi connectivity index (χ2v) is 4.43. The molecule has 1 aromatic carbocycles. The van der Waals surface area contributed by atoms with Crippen molar-refractivity contribution in [3.8, 4) is 0 Å². The van der Waals surface area contributed by atoms with Gasteiger partial charge < -0.3 is 4.90 Å². The lowest BCUT2D eigenvalue weighted by Crippen LogP contribution is -2.47. The molecule has 3 amide bonds. The Kier molecular flexibility index (Phi) is 2.90. The van der Waals surface area contributed by atoms with E-state index < -0.39 is 17.9 Å². The van der Waals surface area contributed by atoms with Crippen LogP contribution in [0.25, 0.3) is 0 Å². The highest BCUT2D eigenvalue weighted by Crippen LogP contribution is 2.24. The summed E-state index contributed by atoms with van der Waals surface area (Å²) >= 11 is 0. The zero-order chi connectivity index (χ0) is 13.4. The van der Waals surface area contributed by atoms with Gasteiger partial charge in [0.05, 0.1) is 11.1 Å². The molecule has 94 valence electrons. The zero-order valence-corrected chi connectivity index (χ0v) is 10.5. The van der Waals surface area contributed by atoms with Crippen LogP contribution in [0, 0.1) is 0 Å². The number of likely N-dealkylation sites (N-methyl/N-ethyl adjacent to an activating group) is 1. The van der Waals surface area contributed by atoms with Crippen LogP contribution in [0.4, 0.5) is 0 Å². The van der Waals surface area contributed by atoms with Crippen molar-refractivity contribution in [2.75, 3.05) is 14.1 Å². The lowest BCUT2D eigenvalue weighted by molar-refractivity contribution is -0.132. The van der Waals surface area contributed by atoms with E-state index in [1.54, 1.807) is 45.3 Å². The summed E-state index contributed by atoms with van der Waals surface area (Å²) in [6.45, 7) is 1.56. The second-order valence-electron chi connectivity index (χ2n) is 4.43. The van der Waals surface area contributed by atoms with Crippen molar-refractivity contribution in [3.63, 3.8) is 0 Å². The maximum Gasteiger partial charge on any atom is 0.262 e. The largest absolute Gasteiger partial charge is 0.347 e. The summed E-state index contributed by atoms with van der Waals surface area (Å²) in [5, 5.41) is 0. The number of carbonyl (C=O) groups excluding carboxylic acids is 3. The monoisotopic (exact) mass is 246 g/mol. The van der Waals surface area contributed by atoms with Crippen molar-refractivity contribution in [1.29, 1.82) is 0 Å². The smallest absolute Gasteiger partial charge is 0.262 e. The molecule has 0 aromatic heterocycles. The molecule has 1 aliphatic rings. The molecule has 0 fully saturated rings. The van der Waals surface area contributed by atoms with Crippen LogP contribution >= 0.6 is 0 Å². The number of rotatable bonds is 2. The quantitative estimate of drug-likeness (QED) is 0.724. The molecule has 1 aromatic rings. The number of hydrogen-bond donors (Lipinski definition) is 0. The van der Waals surface area contributed by atoms with Crippen LogP contribution in [0.5, 0.6) is 0 Å². The summed E-state index contributed by atoms with van der Waals surface area (Å²) in [5.74, 6) is -1.08. The summed E-state index contributed by atoms with van der Waals surface area (Å²) in [6, 6.07) is 5.82. The number of hydrogen-bond acceptors (Lipinski definition) is 3. The first-order chi connectivity index (χ1) is 8.45. The fourth-order valence-electron chi connectivity index (χ4n) is 2.04. The minimum absolute atomic E-state index is 0.274. The number of carbonyl (C=O) groups is 3. The standard InChI is InChI=1S/C13H14N2O3/c1-8(11(16)14(2)3)15-12(17)9-6-4-5-7-10(9)13(15)18/h4-8H,1-3H3/t8-/m1/s1. The first-order valence-corrected chi connectivity index (χ1v) is 5.63. The highest BCUT2D eigenvalue weighted by Gasteiger charge is 2.40. The molecule has 2 rings (SSSR count). The van der Waals surface area contributed by atoms with E-state index in [0.29, 0.717) is 11.1 Å². The predicted molar refractivity (Wildman–Crippen MR) is 65.1 cm³/mol. The molecule has 1 aliphatic heterocycles. The third kappa shape index (κ3) is 1.68. The Morgan fingerprint density at radius 1 is 1.11 bits per heavy atom. The average Bonchev–Trinajstić information content (AvgIpc) is 2.61. The van der Waals surface area contributed by atoms with Gasteiger partial charge in [0.15, 0.2) is 0 Å². The van der Waals surface area contributed by atoms with Gasteiger partial charge in [0.25, 0.3) is 11.8 Å². The van der Waals surface area contributed by atoms with Gasteiger partial charge in [-0.3, -0.25) is 19.3 Å². The van der Waals surface area contributed by atoms with Crippen LogP contribution < -0.4 is 0 Å². The third-order valence-corrected chi connectivity index (χ3v) is 3.01. The molecule has 1 heterocycles. The van der Waals surface area contributed by atoms with E-state index in [1.807, 2.05) is 0 Å². The van der Waals surface area contributed by atoms with Crippen molar-refractivity contribution < 1.29 is 14.4 Å². The summed E-state index contributed by atoms with van der Waals surface area (Å²) in [4.78, 5) is 38.5. The maximum absolute atomic E-state index is 12.1. The van der Waals surface area contributed by atoms with Crippen LogP contribution in [-0.2, 0) is 4.79 Å². The van der Waals surface area contributed by atoms with Gasteiger partial charge in [-0.25, -0.2) is 0 Å². The van der Waals surface area contributed by atoms with E-state index in [-0.39, 0.29) is 5.91 Å². The molecule has 5 nitrogen and oxygen atoms in total. The minimum atomic E-state index is -0.785. The Morgan fingerprint density at radius 3 is 1.94 bits per heavy atom. The van der Waals surface area contributed by atoms with E-state index in [1.165, 1.54) is 4.90 Å². The molecule has 0 aliphatic carbocycles. The van der Waals surface area contributed by atoms with Crippen molar-refractivity contribution in [1.82, 2.24) is 9.80 Å². The lowest BCUT2D eigenvalue weighted by atomic mass is 10.1. The van der Waals surface area contributed by atoms with E-state index in [9.17, 15) is 14.4 Å². The van der Waals surface area contributed by atoms with Crippen molar-refractivity contribution in [2.24, 2.45) is 0 Å². The molecule has 1 atom stereocenters. The van der Waals surface area contributed by atoms with Crippen LogP contribution in [0.2, 0.25) is 0 Å². The molecule has 0 unspecified atom stereocenters. The highest BCUT2D eigenvalue weighted by molar-refractivity contribution is 6.22. The molecule has 18 heavy (non-hydrogen) atoms. The fraction of sp³-hybridized carbons (Fsp3) is 0.308.